The minimum Gasteiger partial charge on any atom is -0.445 e. The molecule has 1 aromatic rings. The number of ether oxygens (including phenoxy) is 2. The van der Waals surface area contributed by atoms with Crippen LogP contribution in [0, 0.1) is 0 Å². The molecule has 2 aliphatic rings. The molecule has 30 heavy (non-hydrogen) atoms. The Morgan fingerprint density at radius 3 is 2.53 bits per heavy atom. The van der Waals surface area contributed by atoms with Gasteiger partial charge in [0.25, 0.3) is 0 Å². The molecular formula is C20H26N4O6. The van der Waals surface area contributed by atoms with Gasteiger partial charge < -0.3 is 25.0 Å². The van der Waals surface area contributed by atoms with Gasteiger partial charge in [-0.05, 0) is 5.56 Å². The highest BCUT2D eigenvalue weighted by Gasteiger charge is 2.43. The summed E-state index contributed by atoms with van der Waals surface area (Å²) >= 11 is 0. The second-order valence-corrected chi connectivity index (χ2v) is 7.34. The Bertz CT molecular complexity index is 802. The predicted octanol–water partition coefficient (Wildman–Crippen LogP) is -0.431. The number of carbonyl (C=O) groups excluding carboxylic acids is 4. The summed E-state index contributed by atoms with van der Waals surface area (Å²) in [6, 6.07) is 8.48. The van der Waals surface area contributed by atoms with E-state index in [1.807, 2.05) is 30.3 Å². The fourth-order valence-corrected chi connectivity index (χ4v) is 3.67. The number of nitrogens with zero attached hydrogens (tertiary/aromatic N) is 3. The van der Waals surface area contributed by atoms with Crippen LogP contribution in [0.5, 0.6) is 0 Å². The van der Waals surface area contributed by atoms with Gasteiger partial charge in [-0.1, -0.05) is 30.3 Å². The van der Waals surface area contributed by atoms with E-state index < -0.39 is 18.0 Å². The fraction of sp³-hybridized carbons (Fsp3) is 0.500. The SMILES string of the molecule is CO[C@@H]1C[C@H](C(=O)N2CCN(CC(N)=O)C(=O)C2)N(C(=O)OCc2ccccc2)C1. The molecule has 0 aliphatic carbocycles. The minimum atomic E-state index is -0.770. The van der Waals surface area contributed by atoms with E-state index in [-0.39, 0.29) is 57.2 Å². The van der Waals surface area contributed by atoms with E-state index in [1.165, 1.54) is 21.8 Å². The van der Waals surface area contributed by atoms with Crippen LogP contribution in [0.25, 0.3) is 0 Å². The van der Waals surface area contributed by atoms with Crippen molar-refractivity contribution in [1.82, 2.24) is 14.7 Å². The van der Waals surface area contributed by atoms with Gasteiger partial charge in [-0.3, -0.25) is 19.3 Å². The van der Waals surface area contributed by atoms with Crippen LogP contribution in [0.4, 0.5) is 4.79 Å². The Balaban J connectivity index is 1.63. The molecular weight excluding hydrogens is 392 g/mol. The van der Waals surface area contributed by atoms with E-state index in [0.717, 1.165) is 5.56 Å². The van der Waals surface area contributed by atoms with Crippen LogP contribution in [0.1, 0.15) is 12.0 Å². The first-order valence-electron chi connectivity index (χ1n) is 9.74. The van der Waals surface area contributed by atoms with E-state index >= 15 is 0 Å². The number of piperazine rings is 1. The summed E-state index contributed by atoms with van der Waals surface area (Å²) < 4.78 is 10.7. The normalized spacial score (nSPS) is 21.6. The lowest BCUT2D eigenvalue weighted by Gasteiger charge is -2.36. The van der Waals surface area contributed by atoms with Crippen molar-refractivity contribution in [1.29, 1.82) is 0 Å². The largest absolute Gasteiger partial charge is 0.445 e. The molecule has 2 atom stereocenters. The first-order chi connectivity index (χ1) is 14.4. The second kappa shape index (κ2) is 9.57. The monoisotopic (exact) mass is 418 g/mol. The molecule has 4 amide bonds. The fourth-order valence-electron chi connectivity index (χ4n) is 3.67. The molecule has 1 aromatic carbocycles. The van der Waals surface area contributed by atoms with Gasteiger partial charge in [0.15, 0.2) is 0 Å². The summed E-state index contributed by atoms with van der Waals surface area (Å²) in [5, 5.41) is 0. The zero-order valence-electron chi connectivity index (χ0n) is 16.9. The molecule has 2 fully saturated rings. The highest BCUT2D eigenvalue weighted by Crippen LogP contribution is 2.24. The molecule has 0 bridgehead atoms. The molecule has 0 aromatic heterocycles. The van der Waals surface area contributed by atoms with Crippen molar-refractivity contribution in [2.24, 2.45) is 5.73 Å². The molecule has 0 radical (unpaired) electrons. The lowest BCUT2D eigenvalue weighted by Crippen LogP contribution is -2.57. The molecule has 2 N–H and O–H groups in total. The number of methoxy groups -OCH3 is 1. The van der Waals surface area contributed by atoms with Crippen LogP contribution in [0.15, 0.2) is 30.3 Å². The average molecular weight is 418 g/mol. The summed E-state index contributed by atoms with van der Waals surface area (Å²) in [5.74, 6) is -1.29. The summed E-state index contributed by atoms with van der Waals surface area (Å²) in [6.07, 6.45) is -0.573. The van der Waals surface area contributed by atoms with E-state index in [0.29, 0.717) is 6.42 Å². The standard InChI is InChI=1S/C20H26N4O6/c1-29-15-9-16(19(27)23-8-7-22(11-17(21)25)18(26)12-23)24(10-15)20(28)30-13-14-5-3-2-4-6-14/h2-6,15-16H,7-13H2,1H3,(H2,21,25)/t15-,16-/m1/s1. The van der Waals surface area contributed by atoms with Crippen molar-refractivity contribution in [3.63, 3.8) is 0 Å². The van der Waals surface area contributed by atoms with Crippen molar-refractivity contribution in [3.05, 3.63) is 35.9 Å². The van der Waals surface area contributed by atoms with Crippen molar-refractivity contribution < 1.29 is 28.7 Å². The van der Waals surface area contributed by atoms with Crippen molar-refractivity contribution >= 4 is 23.8 Å². The summed E-state index contributed by atoms with van der Waals surface area (Å²) in [7, 11) is 1.52. The topological polar surface area (TPSA) is 122 Å². The quantitative estimate of drug-likeness (QED) is 0.669. The Morgan fingerprint density at radius 2 is 1.90 bits per heavy atom. The third kappa shape index (κ3) is 5.07. The van der Waals surface area contributed by atoms with Crippen molar-refractivity contribution in [3.8, 4) is 0 Å². The van der Waals surface area contributed by atoms with Gasteiger partial charge in [0.2, 0.25) is 17.7 Å². The molecule has 2 aliphatic heterocycles. The Kier molecular flexibility index (Phi) is 6.88. The molecule has 0 unspecified atom stereocenters. The van der Waals surface area contributed by atoms with Crippen molar-refractivity contribution in [2.45, 2.75) is 25.2 Å². The lowest BCUT2D eigenvalue weighted by atomic mass is 10.1. The van der Waals surface area contributed by atoms with E-state index in [1.54, 1.807) is 0 Å². The van der Waals surface area contributed by atoms with Gasteiger partial charge in [0.1, 0.15) is 12.6 Å². The van der Waals surface area contributed by atoms with E-state index in [4.69, 9.17) is 15.2 Å². The number of rotatable bonds is 6. The smallest absolute Gasteiger partial charge is 0.410 e. The van der Waals surface area contributed by atoms with E-state index in [2.05, 4.69) is 0 Å². The number of hydrogen-bond donors (Lipinski definition) is 1. The Hall–Kier alpha value is -3.14. The highest BCUT2D eigenvalue weighted by atomic mass is 16.6. The van der Waals surface area contributed by atoms with Gasteiger partial charge in [0.05, 0.1) is 25.7 Å². The predicted molar refractivity (Wildman–Crippen MR) is 105 cm³/mol. The molecule has 3 rings (SSSR count). The first-order valence-corrected chi connectivity index (χ1v) is 9.74. The molecule has 2 heterocycles. The number of likely N-dealkylation sites (tertiary alicyclic amines) is 1. The number of primary amides is 1. The number of amides is 4. The second-order valence-electron chi connectivity index (χ2n) is 7.34. The van der Waals surface area contributed by atoms with E-state index in [9.17, 15) is 19.2 Å². The van der Waals surface area contributed by atoms with Gasteiger partial charge in [0, 0.05) is 26.6 Å². The maximum Gasteiger partial charge on any atom is 0.410 e. The highest BCUT2D eigenvalue weighted by molar-refractivity contribution is 5.92. The van der Waals surface area contributed by atoms with Gasteiger partial charge in [-0.2, -0.15) is 0 Å². The van der Waals surface area contributed by atoms with Gasteiger partial charge in [-0.15, -0.1) is 0 Å². The molecule has 10 nitrogen and oxygen atoms in total. The zero-order chi connectivity index (χ0) is 21.7. The third-order valence-electron chi connectivity index (χ3n) is 5.30. The zero-order valence-corrected chi connectivity index (χ0v) is 16.9. The number of benzene rings is 1. The molecule has 0 saturated carbocycles. The molecule has 2 saturated heterocycles. The lowest BCUT2D eigenvalue weighted by molar-refractivity contribution is -0.148. The van der Waals surface area contributed by atoms with Crippen LogP contribution in [0.2, 0.25) is 0 Å². The van der Waals surface area contributed by atoms with Gasteiger partial charge >= 0.3 is 6.09 Å². The Labute approximate surface area is 174 Å². The molecule has 162 valence electrons. The Morgan fingerprint density at radius 1 is 1.17 bits per heavy atom. The number of carbonyl (C=O) groups is 4. The number of nitrogens with two attached hydrogens (primary N) is 1. The van der Waals surface area contributed by atoms with Crippen LogP contribution in [-0.4, -0.2) is 90.5 Å². The average Bonchev–Trinajstić information content (AvgIpc) is 3.18. The number of hydrogen-bond acceptors (Lipinski definition) is 6. The molecule has 0 spiro atoms. The van der Waals surface area contributed by atoms with Crippen LogP contribution >= 0.6 is 0 Å². The van der Waals surface area contributed by atoms with Gasteiger partial charge in [-0.25, -0.2) is 4.79 Å². The summed E-state index contributed by atoms with van der Waals surface area (Å²) in [4.78, 5) is 53.2. The van der Waals surface area contributed by atoms with Crippen LogP contribution in [0.3, 0.4) is 0 Å². The maximum absolute atomic E-state index is 13.1. The third-order valence-corrected chi connectivity index (χ3v) is 5.30. The summed E-state index contributed by atoms with van der Waals surface area (Å²) in [5.41, 5.74) is 5.99. The molecule has 10 heteroatoms. The maximum atomic E-state index is 13.1. The van der Waals surface area contributed by atoms with Crippen LogP contribution < -0.4 is 5.73 Å². The minimum absolute atomic E-state index is 0.0962. The summed E-state index contributed by atoms with van der Waals surface area (Å²) in [6.45, 7) is 0.474. The van der Waals surface area contributed by atoms with Crippen molar-refractivity contribution in [2.75, 3.05) is 39.8 Å². The van der Waals surface area contributed by atoms with Crippen LogP contribution in [-0.2, 0) is 30.5 Å². The first kappa shape index (κ1) is 21.6.